The lowest BCUT2D eigenvalue weighted by atomic mass is 10.1. The Balaban J connectivity index is 1.97. The Morgan fingerprint density at radius 2 is 2.00 bits per heavy atom. The molecule has 0 atom stereocenters. The first-order valence-electron chi connectivity index (χ1n) is 5.85. The molecule has 0 spiro atoms. The molecular weight excluding hydrogens is 244 g/mol. The van der Waals surface area contributed by atoms with E-state index >= 15 is 0 Å². The monoisotopic (exact) mass is 260 g/mol. The molecule has 0 bridgehead atoms. The van der Waals surface area contributed by atoms with Gasteiger partial charge in [-0.3, -0.25) is 9.48 Å². The van der Waals surface area contributed by atoms with Crippen molar-refractivity contribution in [2.24, 2.45) is 7.05 Å². The van der Waals surface area contributed by atoms with E-state index in [1.807, 2.05) is 48.3 Å². The average molecular weight is 260 g/mol. The van der Waals surface area contributed by atoms with E-state index in [0.717, 1.165) is 17.7 Å². The van der Waals surface area contributed by atoms with Crippen LogP contribution >= 0.6 is 11.8 Å². The summed E-state index contributed by atoms with van der Waals surface area (Å²) in [6.45, 7) is 0. The number of ketones is 1. The summed E-state index contributed by atoms with van der Waals surface area (Å²) in [5, 5.41) is 4.09. The van der Waals surface area contributed by atoms with E-state index in [-0.39, 0.29) is 5.78 Å². The number of carbonyl (C=O) groups is 1. The van der Waals surface area contributed by atoms with Gasteiger partial charge in [0, 0.05) is 35.8 Å². The van der Waals surface area contributed by atoms with Crippen molar-refractivity contribution in [1.29, 1.82) is 0 Å². The van der Waals surface area contributed by atoms with Gasteiger partial charge in [-0.05, 0) is 30.9 Å². The minimum absolute atomic E-state index is 0.184. The second-order valence-electron chi connectivity index (χ2n) is 4.10. The number of aryl methyl sites for hydroxylation is 2. The minimum Gasteiger partial charge on any atom is -0.294 e. The molecule has 0 N–H and O–H groups in total. The molecule has 1 aromatic heterocycles. The predicted molar refractivity (Wildman–Crippen MR) is 74.1 cm³/mol. The second-order valence-corrected chi connectivity index (χ2v) is 4.98. The van der Waals surface area contributed by atoms with E-state index in [4.69, 9.17) is 0 Å². The second kappa shape index (κ2) is 5.87. The number of benzene rings is 1. The molecule has 2 aromatic rings. The van der Waals surface area contributed by atoms with Gasteiger partial charge < -0.3 is 0 Å². The quantitative estimate of drug-likeness (QED) is 0.612. The largest absolute Gasteiger partial charge is 0.294 e. The van der Waals surface area contributed by atoms with Crippen molar-refractivity contribution < 1.29 is 4.79 Å². The minimum atomic E-state index is 0.184. The summed E-state index contributed by atoms with van der Waals surface area (Å²) in [7, 11) is 1.90. The van der Waals surface area contributed by atoms with Crippen LogP contribution in [0.5, 0.6) is 0 Å². The van der Waals surface area contributed by atoms with Crippen LogP contribution in [0.4, 0.5) is 0 Å². The first-order valence-corrected chi connectivity index (χ1v) is 7.07. The van der Waals surface area contributed by atoms with Crippen LogP contribution in [-0.2, 0) is 13.5 Å². The molecule has 0 fully saturated rings. The topological polar surface area (TPSA) is 34.9 Å². The van der Waals surface area contributed by atoms with Crippen molar-refractivity contribution in [3.63, 3.8) is 0 Å². The molecule has 0 aliphatic carbocycles. The molecule has 2 rings (SSSR count). The standard InChI is InChI=1S/C14H16N2OS/c1-16-12(9-10-15-16)5-8-14(17)11-3-6-13(18-2)7-4-11/h3-4,6-7,9-10H,5,8H2,1-2H3. The van der Waals surface area contributed by atoms with Crippen LogP contribution in [0.1, 0.15) is 22.5 Å². The Kier molecular flexibility index (Phi) is 4.20. The summed E-state index contributed by atoms with van der Waals surface area (Å²) < 4.78 is 1.81. The van der Waals surface area contributed by atoms with Gasteiger partial charge in [0.05, 0.1) is 0 Å². The molecule has 0 radical (unpaired) electrons. The molecule has 1 aromatic carbocycles. The summed E-state index contributed by atoms with van der Waals surface area (Å²) in [6.07, 6.45) is 5.05. The summed E-state index contributed by atoms with van der Waals surface area (Å²) >= 11 is 1.68. The van der Waals surface area contributed by atoms with E-state index in [2.05, 4.69) is 5.10 Å². The highest BCUT2D eigenvalue weighted by atomic mass is 32.2. The molecule has 0 saturated heterocycles. The molecule has 18 heavy (non-hydrogen) atoms. The number of aromatic nitrogens is 2. The van der Waals surface area contributed by atoms with Gasteiger partial charge in [-0.25, -0.2) is 0 Å². The molecule has 0 saturated carbocycles. The molecule has 3 nitrogen and oxygen atoms in total. The van der Waals surface area contributed by atoms with Gasteiger partial charge in [0.25, 0.3) is 0 Å². The molecule has 0 amide bonds. The number of hydrogen-bond acceptors (Lipinski definition) is 3. The van der Waals surface area contributed by atoms with Crippen molar-refractivity contribution in [3.8, 4) is 0 Å². The number of Topliss-reactive ketones (excluding diaryl/α,β-unsaturated/α-hetero) is 1. The fraction of sp³-hybridized carbons (Fsp3) is 0.286. The third kappa shape index (κ3) is 3.01. The van der Waals surface area contributed by atoms with Crippen LogP contribution in [0, 0.1) is 0 Å². The van der Waals surface area contributed by atoms with Gasteiger partial charge in [-0.1, -0.05) is 12.1 Å². The first kappa shape index (κ1) is 12.9. The highest BCUT2D eigenvalue weighted by Crippen LogP contribution is 2.16. The van der Waals surface area contributed by atoms with Gasteiger partial charge in [0.2, 0.25) is 0 Å². The maximum atomic E-state index is 12.0. The van der Waals surface area contributed by atoms with Crippen LogP contribution in [0.3, 0.4) is 0 Å². The third-order valence-corrected chi connectivity index (χ3v) is 3.69. The van der Waals surface area contributed by atoms with Crippen LogP contribution in [-0.4, -0.2) is 21.8 Å². The van der Waals surface area contributed by atoms with Crippen LogP contribution in [0.25, 0.3) is 0 Å². The fourth-order valence-corrected chi connectivity index (χ4v) is 2.22. The van der Waals surface area contributed by atoms with Gasteiger partial charge >= 0.3 is 0 Å². The van der Waals surface area contributed by atoms with E-state index in [1.54, 1.807) is 18.0 Å². The molecule has 94 valence electrons. The van der Waals surface area contributed by atoms with E-state index in [1.165, 1.54) is 4.90 Å². The average Bonchev–Trinajstić information content (AvgIpc) is 2.81. The first-order chi connectivity index (χ1) is 8.70. The predicted octanol–water partition coefficient (Wildman–Crippen LogP) is 2.96. The molecule has 0 unspecified atom stereocenters. The molecule has 1 heterocycles. The SMILES string of the molecule is CSc1ccc(C(=O)CCc2ccnn2C)cc1. The Labute approximate surface area is 111 Å². The Bertz CT molecular complexity index is 531. The normalized spacial score (nSPS) is 10.6. The lowest BCUT2D eigenvalue weighted by molar-refractivity contribution is 0.0982. The summed E-state index contributed by atoms with van der Waals surface area (Å²) in [5.41, 5.74) is 1.87. The zero-order chi connectivity index (χ0) is 13.0. The molecule has 4 heteroatoms. The lowest BCUT2D eigenvalue weighted by Crippen LogP contribution is -2.04. The summed E-state index contributed by atoms with van der Waals surface area (Å²) in [5.74, 6) is 0.184. The van der Waals surface area contributed by atoms with E-state index in [9.17, 15) is 4.79 Å². The maximum Gasteiger partial charge on any atom is 0.163 e. The summed E-state index contributed by atoms with van der Waals surface area (Å²) in [6, 6.07) is 9.73. The Hall–Kier alpha value is -1.55. The van der Waals surface area contributed by atoms with Crippen LogP contribution in [0.2, 0.25) is 0 Å². The highest BCUT2D eigenvalue weighted by molar-refractivity contribution is 7.98. The molecular formula is C14H16N2OS. The van der Waals surface area contributed by atoms with Crippen molar-refractivity contribution in [2.45, 2.75) is 17.7 Å². The van der Waals surface area contributed by atoms with Gasteiger partial charge in [0.1, 0.15) is 0 Å². The maximum absolute atomic E-state index is 12.0. The number of carbonyl (C=O) groups excluding carboxylic acids is 1. The van der Waals surface area contributed by atoms with Crippen LogP contribution in [0.15, 0.2) is 41.4 Å². The fourth-order valence-electron chi connectivity index (χ4n) is 1.81. The van der Waals surface area contributed by atoms with Crippen molar-refractivity contribution in [3.05, 3.63) is 47.8 Å². The number of rotatable bonds is 5. The van der Waals surface area contributed by atoms with E-state index < -0.39 is 0 Å². The zero-order valence-corrected chi connectivity index (χ0v) is 11.4. The van der Waals surface area contributed by atoms with E-state index in [0.29, 0.717) is 6.42 Å². The number of hydrogen-bond donors (Lipinski definition) is 0. The third-order valence-electron chi connectivity index (χ3n) is 2.94. The zero-order valence-electron chi connectivity index (χ0n) is 10.6. The van der Waals surface area contributed by atoms with Crippen LogP contribution < -0.4 is 0 Å². The Morgan fingerprint density at radius 1 is 1.28 bits per heavy atom. The number of nitrogens with zero attached hydrogens (tertiary/aromatic N) is 2. The van der Waals surface area contributed by atoms with Gasteiger partial charge in [-0.2, -0.15) is 5.10 Å². The lowest BCUT2D eigenvalue weighted by Gasteiger charge is -2.03. The molecule has 0 aliphatic rings. The van der Waals surface area contributed by atoms with Crippen molar-refractivity contribution in [1.82, 2.24) is 9.78 Å². The smallest absolute Gasteiger partial charge is 0.163 e. The van der Waals surface area contributed by atoms with Crippen molar-refractivity contribution in [2.75, 3.05) is 6.26 Å². The highest BCUT2D eigenvalue weighted by Gasteiger charge is 2.07. The van der Waals surface area contributed by atoms with Gasteiger partial charge in [-0.15, -0.1) is 11.8 Å². The molecule has 0 aliphatic heterocycles. The summed E-state index contributed by atoms with van der Waals surface area (Å²) in [4.78, 5) is 13.2. The number of thioether (sulfide) groups is 1. The Morgan fingerprint density at radius 3 is 2.56 bits per heavy atom. The van der Waals surface area contributed by atoms with Gasteiger partial charge in [0.15, 0.2) is 5.78 Å². The van der Waals surface area contributed by atoms with Crippen molar-refractivity contribution >= 4 is 17.5 Å².